The molecule has 0 unspecified atom stereocenters. The van der Waals surface area contributed by atoms with Gasteiger partial charge in [-0.1, -0.05) is 30.0 Å². The van der Waals surface area contributed by atoms with Gasteiger partial charge in [0.2, 0.25) is 5.91 Å². The smallest absolute Gasteiger partial charge is 0.247 e. The molecule has 1 fully saturated rings. The number of hydrogen-bond acceptors (Lipinski definition) is 8. The Kier molecular flexibility index (Phi) is 6.50. The molecule has 1 atom stereocenters. The van der Waals surface area contributed by atoms with Gasteiger partial charge in [0.1, 0.15) is 11.5 Å². The number of ether oxygens (including phenoxy) is 2. The number of anilines is 1. The Morgan fingerprint density at radius 1 is 1.21 bits per heavy atom. The van der Waals surface area contributed by atoms with E-state index in [9.17, 15) is 14.7 Å². The minimum Gasteiger partial charge on any atom is -0.550 e. The summed E-state index contributed by atoms with van der Waals surface area (Å²) in [6, 6.07) is 14.1. The number of carboxylic acids is 1. The van der Waals surface area contributed by atoms with E-state index in [0.29, 0.717) is 22.7 Å². The molecule has 1 amide bonds. The van der Waals surface area contributed by atoms with E-state index in [1.54, 1.807) is 49.6 Å². The summed E-state index contributed by atoms with van der Waals surface area (Å²) in [6.45, 7) is 0. The summed E-state index contributed by atoms with van der Waals surface area (Å²) in [6.07, 6.45) is 1.09. The zero-order valence-electron chi connectivity index (χ0n) is 15.8. The number of para-hydroxylation sites is 1. The molecule has 8 nitrogen and oxygen atoms in total. The van der Waals surface area contributed by atoms with Gasteiger partial charge in [0, 0.05) is 24.0 Å². The average Bonchev–Trinajstić information content (AvgIpc) is 3.03. The number of hydrogen-bond donors (Lipinski definition) is 0. The summed E-state index contributed by atoms with van der Waals surface area (Å²) in [7, 11) is 3.09. The lowest BCUT2D eigenvalue weighted by Gasteiger charge is -2.15. The first kappa shape index (κ1) is 20.4. The molecule has 2 aromatic rings. The van der Waals surface area contributed by atoms with E-state index in [2.05, 4.69) is 10.2 Å². The Bertz CT molecular complexity index is 962. The largest absolute Gasteiger partial charge is 0.550 e. The van der Waals surface area contributed by atoms with Crippen molar-refractivity contribution in [3.8, 4) is 11.5 Å². The summed E-state index contributed by atoms with van der Waals surface area (Å²) in [4.78, 5) is 25.0. The maximum absolute atomic E-state index is 12.7. The molecule has 0 spiro atoms. The van der Waals surface area contributed by atoms with Gasteiger partial charge < -0.3 is 19.4 Å². The third-order valence-electron chi connectivity index (χ3n) is 4.08. The summed E-state index contributed by atoms with van der Waals surface area (Å²) >= 11 is 1.04. The van der Waals surface area contributed by atoms with Crippen LogP contribution in [-0.2, 0) is 9.59 Å². The van der Waals surface area contributed by atoms with Crippen LogP contribution >= 0.6 is 11.8 Å². The summed E-state index contributed by atoms with van der Waals surface area (Å²) < 4.78 is 10.5. The second kappa shape index (κ2) is 9.24. The number of carbonyl (C=O) groups is 2. The molecule has 1 aliphatic rings. The van der Waals surface area contributed by atoms with Crippen molar-refractivity contribution < 1.29 is 24.2 Å². The molecule has 29 heavy (non-hydrogen) atoms. The van der Waals surface area contributed by atoms with E-state index in [4.69, 9.17) is 9.47 Å². The van der Waals surface area contributed by atoms with Gasteiger partial charge >= 0.3 is 0 Å². The third-order valence-corrected chi connectivity index (χ3v) is 5.21. The number of aliphatic carboxylic acids is 1. The van der Waals surface area contributed by atoms with Crippen LogP contribution in [0.25, 0.3) is 0 Å². The topological polar surface area (TPSA) is 104 Å². The molecule has 1 saturated heterocycles. The third kappa shape index (κ3) is 4.75. The van der Waals surface area contributed by atoms with Gasteiger partial charge in [0.05, 0.1) is 31.4 Å². The van der Waals surface area contributed by atoms with Gasteiger partial charge in [0.25, 0.3) is 0 Å². The molecule has 9 heteroatoms. The fourth-order valence-electron chi connectivity index (χ4n) is 2.70. The maximum Gasteiger partial charge on any atom is 0.247 e. The van der Waals surface area contributed by atoms with Gasteiger partial charge in [-0.3, -0.25) is 9.69 Å². The van der Waals surface area contributed by atoms with Crippen molar-refractivity contribution in [1.82, 2.24) is 0 Å². The highest BCUT2D eigenvalue weighted by Gasteiger charge is 2.39. The second-order valence-corrected chi connectivity index (χ2v) is 7.10. The SMILES string of the molecule is COc1ccc(/C=N\N=C2\S[C@H](CC(=O)[O-])C(=O)N2c2ccccc2)c(OC)c1. The second-order valence-electron chi connectivity index (χ2n) is 5.93. The normalized spacial score (nSPS) is 17.9. The van der Waals surface area contributed by atoms with Gasteiger partial charge in [-0.25, -0.2) is 0 Å². The lowest BCUT2D eigenvalue weighted by atomic mass is 10.2. The number of thioether (sulfide) groups is 1. The minimum absolute atomic E-state index is 0.288. The average molecular weight is 412 g/mol. The van der Waals surface area contributed by atoms with Crippen LogP contribution in [-0.4, -0.2) is 42.7 Å². The number of benzene rings is 2. The molecule has 0 aromatic heterocycles. The predicted molar refractivity (Wildman–Crippen MR) is 110 cm³/mol. The Labute approximate surface area is 171 Å². The molecule has 0 aliphatic carbocycles. The lowest BCUT2D eigenvalue weighted by Crippen LogP contribution is -2.35. The fourth-order valence-corrected chi connectivity index (χ4v) is 3.77. The van der Waals surface area contributed by atoms with Crippen molar-refractivity contribution >= 4 is 40.7 Å². The van der Waals surface area contributed by atoms with E-state index >= 15 is 0 Å². The molecule has 1 aliphatic heterocycles. The van der Waals surface area contributed by atoms with Gasteiger partial charge in [-0.15, -0.1) is 5.10 Å². The Balaban J connectivity index is 1.90. The van der Waals surface area contributed by atoms with Crippen LogP contribution in [0.3, 0.4) is 0 Å². The highest BCUT2D eigenvalue weighted by atomic mass is 32.2. The summed E-state index contributed by atoms with van der Waals surface area (Å²) in [5.74, 6) is -0.473. The lowest BCUT2D eigenvalue weighted by molar-refractivity contribution is -0.305. The molecule has 3 rings (SSSR count). The van der Waals surface area contributed by atoms with E-state index in [1.807, 2.05) is 6.07 Å². The van der Waals surface area contributed by atoms with Crippen LogP contribution in [0.15, 0.2) is 58.7 Å². The predicted octanol–water partition coefficient (Wildman–Crippen LogP) is 1.68. The van der Waals surface area contributed by atoms with Gasteiger partial charge in [0.15, 0.2) is 5.17 Å². The van der Waals surface area contributed by atoms with Crippen molar-refractivity contribution in [3.05, 3.63) is 54.1 Å². The van der Waals surface area contributed by atoms with Gasteiger partial charge in [-0.05, 0) is 24.3 Å². The molecule has 0 bridgehead atoms. The van der Waals surface area contributed by atoms with Gasteiger partial charge in [-0.2, -0.15) is 5.10 Å². The van der Waals surface area contributed by atoms with Crippen LogP contribution in [0.1, 0.15) is 12.0 Å². The van der Waals surface area contributed by atoms with Crippen molar-refractivity contribution in [1.29, 1.82) is 0 Å². The molecule has 2 aromatic carbocycles. The van der Waals surface area contributed by atoms with Crippen LogP contribution in [0.5, 0.6) is 11.5 Å². The number of nitrogens with zero attached hydrogens (tertiary/aromatic N) is 3. The molecular formula is C20H18N3O5S-. The van der Waals surface area contributed by atoms with Crippen molar-refractivity contribution in [2.24, 2.45) is 10.2 Å². The number of carboxylic acid groups (broad SMARTS) is 1. The zero-order valence-corrected chi connectivity index (χ0v) is 16.6. The van der Waals surface area contributed by atoms with Crippen molar-refractivity contribution in [2.45, 2.75) is 11.7 Å². The minimum atomic E-state index is -1.29. The molecule has 0 N–H and O–H groups in total. The number of methoxy groups -OCH3 is 2. The first-order valence-corrected chi connectivity index (χ1v) is 9.50. The summed E-state index contributed by atoms with van der Waals surface area (Å²) in [5, 5.41) is 18.7. The number of amidine groups is 1. The Morgan fingerprint density at radius 3 is 2.62 bits per heavy atom. The Morgan fingerprint density at radius 2 is 1.97 bits per heavy atom. The molecule has 0 saturated carbocycles. The molecular weight excluding hydrogens is 394 g/mol. The Hall–Kier alpha value is -3.33. The number of carbonyl (C=O) groups excluding carboxylic acids is 2. The maximum atomic E-state index is 12.7. The van der Waals surface area contributed by atoms with E-state index < -0.39 is 17.6 Å². The fraction of sp³-hybridized carbons (Fsp3) is 0.200. The van der Waals surface area contributed by atoms with Crippen LogP contribution in [0.4, 0.5) is 5.69 Å². The highest BCUT2D eigenvalue weighted by molar-refractivity contribution is 8.16. The van der Waals surface area contributed by atoms with E-state index in [-0.39, 0.29) is 11.1 Å². The monoisotopic (exact) mass is 412 g/mol. The first-order chi connectivity index (χ1) is 14.0. The molecule has 150 valence electrons. The number of rotatable bonds is 7. The first-order valence-electron chi connectivity index (χ1n) is 8.62. The van der Waals surface area contributed by atoms with Crippen LogP contribution < -0.4 is 19.5 Å². The zero-order chi connectivity index (χ0) is 20.8. The molecule has 0 radical (unpaired) electrons. The number of amides is 1. The van der Waals surface area contributed by atoms with Crippen LogP contribution in [0, 0.1) is 0 Å². The van der Waals surface area contributed by atoms with Crippen LogP contribution in [0.2, 0.25) is 0 Å². The summed E-state index contributed by atoms with van der Waals surface area (Å²) in [5.41, 5.74) is 1.26. The molecule has 1 heterocycles. The van der Waals surface area contributed by atoms with E-state index in [1.165, 1.54) is 18.2 Å². The van der Waals surface area contributed by atoms with Crippen molar-refractivity contribution in [2.75, 3.05) is 19.1 Å². The standard InChI is InChI=1S/C20H19N3O5S/c1-27-15-9-8-13(16(10-15)28-2)12-21-22-20-23(14-6-4-3-5-7-14)19(26)17(29-20)11-18(24)25/h3-10,12,17H,11H2,1-2H3,(H,24,25)/p-1/b21-12-,22-20+/t17-/m1/s1. The van der Waals surface area contributed by atoms with Crippen molar-refractivity contribution in [3.63, 3.8) is 0 Å². The van der Waals surface area contributed by atoms with E-state index in [0.717, 1.165) is 11.8 Å². The quantitative estimate of drug-likeness (QED) is 0.506. The highest BCUT2D eigenvalue weighted by Crippen LogP contribution is 2.33.